The van der Waals surface area contributed by atoms with E-state index < -0.39 is 5.97 Å². The van der Waals surface area contributed by atoms with Crippen molar-refractivity contribution >= 4 is 23.7 Å². The van der Waals surface area contributed by atoms with E-state index in [1.807, 2.05) is 19.9 Å². The second kappa shape index (κ2) is 9.02. The highest BCUT2D eigenvalue weighted by molar-refractivity contribution is 6.45. The van der Waals surface area contributed by atoms with Gasteiger partial charge in [-0.25, -0.2) is 9.79 Å². The van der Waals surface area contributed by atoms with Crippen LogP contribution < -0.4 is 4.74 Å². The number of rotatable bonds is 6. The Labute approximate surface area is 158 Å². The van der Waals surface area contributed by atoms with Gasteiger partial charge in [0.2, 0.25) is 5.90 Å². The van der Waals surface area contributed by atoms with Crippen LogP contribution in [0.3, 0.4) is 0 Å². The highest BCUT2D eigenvalue weighted by Crippen LogP contribution is 2.36. The molecule has 144 valence electrons. The predicted molar refractivity (Wildman–Crippen MR) is 105 cm³/mol. The number of hydrogen-bond donors (Lipinski definition) is 1. The number of allylic oxidation sites excluding steroid dienone is 2. The number of ether oxygens (including phenoxy) is 3. The van der Waals surface area contributed by atoms with Crippen molar-refractivity contribution in [2.45, 2.75) is 20.3 Å². The third-order valence-electron chi connectivity index (χ3n) is 4.01. The van der Waals surface area contributed by atoms with Crippen LogP contribution in [0.5, 0.6) is 11.5 Å². The Bertz CT molecular complexity index is 846. The van der Waals surface area contributed by atoms with Crippen molar-refractivity contribution in [3.8, 4) is 11.5 Å². The van der Waals surface area contributed by atoms with E-state index in [4.69, 9.17) is 14.2 Å². The maximum absolute atomic E-state index is 12.3. The second-order valence-electron chi connectivity index (χ2n) is 6.03. The van der Waals surface area contributed by atoms with E-state index >= 15 is 0 Å². The SMILES string of the molecule is COC(=O)c1c(/C=C/C2=NCN=C2OC)cc(OC)c(CC=C(C)C)c1O. The Balaban J connectivity index is 2.56. The van der Waals surface area contributed by atoms with Gasteiger partial charge in [-0.15, -0.1) is 0 Å². The van der Waals surface area contributed by atoms with Gasteiger partial charge in [-0.05, 0) is 38.0 Å². The highest BCUT2D eigenvalue weighted by atomic mass is 16.5. The van der Waals surface area contributed by atoms with Crippen LogP contribution in [-0.4, -0.2) is 50.7 Å². The molecule has 0 atom stereocenters. The van der Waals surface area contributed by atoms with Gasteiger partial charge in [0, 0.05) is 5.56 Å². The van der Waals surface area contributed by atoms with Gasteiger partial charge >= 0.3 is 5.97 Å². The first-order chi connectivity index (χ1) is 12.9. The van der Waals surface area contributed by atoms with Crippen LogP contribution in [-0.2, 0) is 15.9 Å². The molecule has 1 N–H and O–H groups in total. The summed E-state index contributed by atoms with van der Waals surface area (Å²) in [6, 6.07) is 1.69. The number of phenolic OH excluding ortho intramolecular Hbond substituents is 1. The maximum atomic E-state index is 12.3. The first kappa shape index (κ1) is 20.2. The maximum Gasteiger partial charge on any atom is 0.342 e. The fourth-order valence-corrected chi connectivity index (χ4v) is 2.62. The molecule has 0 aliphatic carbocycles. The molecule has 0 aromatic heterocycles. The molecule has 1 aromatic carbocycles. The molecule has 1 aromatic rings. The van der Waals surface area contributed by atoms with Gasteiger partial charge in [0.1, 0.15) is 29.4 Å². The largest absolute Gasteiger partial charge is 0.507 e. The summed E-state index contributed by atoms with van der Waals surface area (Å²) in [5.41, 5.74) is 2.68. The first-order valence-electron chi connectivity index (χ1n) is 8.38. The number of aliphatic imine (C=N–C) groups is 2. The summed E-state index contributed by atoms with van der Waals surface area (Å²) in [5, 5.41) is 10.8. The predicted octanol–water partition coefficient (Wildman–Crippen LogP) is 3.17. The number of carbonyl (C=O) groups excluding carboxylic acids is 1. The van der Waals surface area contributed by atoms with E-state index in [1.54, 1.807) is 18.2 Å². The summed E-state index contributed by atoms with van der Waals surface area (Å²) in [6.07, 6.45) is 5.70. The summed E-state index contributed by atoms with van der Waals surface area (Å²) >= 11 is 0. The van der Waals surface area contributed by atoms with Gasteiger partial charge < -0.3 is 19.3 Å². The molecule has 0 saturated heterocycles. The molecule has 0 amide bonds. The molecule has 0 fully saturated rings. The van der Waals surface area contributed by atoms with Crippen LogP contribution in [0.25, 0.3) is 6.08 Å². The van der Waals surface area contributed by atoms with Crippen LogP contribution in [0.4, 0.5) is 0 Å². The Hall–Kier alpha value is -3.09. The number of benzene rings is 1. The van der Waals surface area contributed by atoms with Gasteiger partial charge in [0.25, 0.3) is 0 Å². The minimum atomic E-state index is -0.637. The first-order valence-corrected chi connectivity index (χ1v) is 8.38. The van der Waals surface area contributed by atoms with Crippen LogP contribution in [0, 0.1) is 0 Å². The van der Waals surface area contributed by atoms with E-state index in [0.29, 0.717) is 41.6 Å². The minimum Gasteiger partial charge on any atom is -0.507 e. The zero-order valence-corrected chi connectivity index (χ0v) is 16.2. The lowest BCUT2D eigenvalue weighted by Crippen LogP contribution is -2.10. The molecule has 1 aliphatic heterocycles. The zero-order chi connectivity index (χ0) is 20.0. The van der Waals surface area contributed by atoms with Crippen molar-refractivity contribution in [1.29, 1.82) is 0 Å². The molecular weight excluding hydrogens is 348 g/mol. The molecule has 0 saturated carbocycles. The number of carbonyl (C=O) groups is 1. The normalized spacial score (nSPS) is 13.2. The number of methoxy groups -OCH3 is 3. The van der Waals surface area contributed by atoms with Crippen molar-refractivity contribution in [1.82, 2.24) is 0 Å². The van der Waals surface area contributed by atoms with Gasteiger partial charge in [0.15, 0.2) is 0 Å². The Morgan fingerprint density at radius 1 is 1.19 bits per heavy atom. The minimum absolute atomic E-state index is 0.0706. The molecule has 0 spiro atoms. The lowest BCUT2D eigenvalue weighted by atomic mass is 9.97. The number of aromatic hydroxyl groups is 1. The van der Waals surface area contributed by atoms with Crippen molar-refractivity contribution in [3.63, 3.8) is 0 Å². The van der Waals surface area contributed by atoms with Crippen molar-refractivity contribution in [3.05, 3.63) is 40.5 Å². The standard InChI is InChI=1S/C20H24N2O5/c1-12(2)6-8-14-16(25-3)10-13(17(18(14)23)20(24)27-5)7-9-15-19(26-4)22-11-21-15/h6-7,9-10,23H,8,11H2,1-5H3/b9-7+. The van der Waals surface area contributed by atoms with Crippen molar-refractivity contribution in [2.24, 2.45) is 9.98 Å². The summed E-state index contributed by atoms with van der Waals surface area (Å²) in [4.78, 5) is 20.6. The van der Waals surface area contributed by atoms with E-state index in [0.717, 1.165) is 5.57 Å². The Morgan fingerprint density at radius 2 is 1.93 bits per heavy atom. The zero-order valence-electron chi connectivity index (χ0n) is 16.2. The smallest absolute Gasteiger partial charge is 0.342 e. The fraction of sp³-hybridized carbons (Fsp3) is 0.350. The summed E-state index contributed by atoms with van der Waals surface area (Å²) in [7, 11) is 4.30. The molecular formula is C20H24N2O5. The van der Waals surface area contributed by atoms with Crippen LogP contribution in [0.2, 0.25) is 0 Å². The van der Waals surface area contributed by atoms with Gasteiger partial charge in [-0.2, -0.15) is 0 Å². The molecule has 2 rings (SSSR count). The average molecular weight is 372 g/mol. The van der Waals surface area contributed by atoms with Crippen molar-refractivity contribution < 1.29 is 24.1 Å². The molecule has 0 bridgehead atoms. The molecule has 27 heavy (non-hydrogen) atoms. The highest BCUT2D eigenvalue weighted by Gasteiger charge is 2.23. The Kier molecular flexibility index (Phi) is 6.76. The van der Waals surface area contributed by atoms with E-state index in [2.05, 4.69) is 9.98 Å². The number of hydrogen-bond acceptors (Lipinski definition) is 7. The number of phenols is 1. The van der Waals surface area contributed by atoms with E-state index in [1.165, 1.54) is 21.3 Å². The number of esters is 1. The summed E-state index contributed by atoms with van der Waals surface area (Å²) < 4.78 is 15.4. The van der Waals surface area contributed by atoms with E-state index in [-0.39, 0.29) is 11.3 Å². The molecule has 1 aliphatic rings. The van der Waals surface area contributed by atoms with E-state index in [9.17, 15) is 9.90 Å². The topological polar surface area (TPSA) is 89.7 Å². The van der Waals surface area contributed by atoms with Crippen LogP contribution in [0.15, 0.2) is 33.8 Å². The van der Waals surface area contributed by atoms with Gasteiger partial charge in [-0.1, -0.05) is 17.7 Å². The monoisotopic (exact) mass is 372 g/mol. The van der Waals surface area contributed by atoms with Crippen molar-refractivity contribution in [2.75, 3.05) is 28.0 Å². The van der Waals surface area contributed by atoms with Gasteiger partial charge in [-0.3, -0.25) is 4.99 Å². The Morgan fingerprint density at radius 3 is 2.52 bits per heavy atom. The molecule has 0 unspecified atom stereocenters. The molecule has 7 nitrogen and oxygen atoms in total. The third-order valence-corrected chi connectivity index (χ3v) is 4.01. The molecule has 0 radical (unpaired) electrons. The summed E-state index contributed by atoms with van der Waals surface area (Å²) in [6.45, 7) is 4.21. The lowest BCUT2D eigenvalue weighted by Gasteiger charge is -2.15. The second-order valence-corrected chi connectivity index (χ2v) is 6.03. The van der Waals surface area contributed by atoms with Crippen LogP contribution in [0.1, 0.15) is 35.3 Å². The number of nitrogens with zero attached hydrogens (tertiary/aromatic N) is 2. The summed E-state index contributed by atoms with van der Waals surface area (Å²) in [5.74, 6) is 0.100. The molecule has 1 heterocycles. The quantitative estimate of drug-likeness (QED) is 0.612. The third kappa shape index (κ3) is 4.55. The average Bonchev–Trinajstić information content (AvgIpc) is 3.11. The molecule has 7 heteroatoms. The fourth-order valence-electron chi connectivity index (χ4n) is 2.62. The van der Waals surface area contributed by atoms with Crippen LogP contribution >= 0.6 is 0 Å². The lowest BCUT2D eigenvalue weighted by molar-refractivity contribution is 0.0597. The van der Waals surface area contributed by atoms with Gasteiger partial charge in [0.05, 0.1) is 21.3 Å².